The zero-order valence-electron chi connectivity index (χ0n) is 11.3. The van der Waals surface area contributed by atoms with E-state index in [-0.39, 0.29) is 0 Å². The standard InChI is InChI=1S/C15H19N3O2/c19-15(6-7-16-10-15)11-17-8-13-9-20-14(18-13)12-4-2-1-3-5-12/h1-5,9,16-17,19H,6-8,10-11H2/t15-/m0/s1. The molecule has 0 bridgehead atoms. The van der Waals surface area contributed by atoms with Gasteiger partial charge in [-0.25, -0.2) is 4.98 Å². The second kappa shape index (κ2) is 5.75. The van der Waals surface area contributed by atoms with Crippen LogP contribution in [0.15, 0.2) is 41.0 Å². The number of nitrogens with one attached hydrogen (secondary N) is 2. The molecule has 1 atom stereocenters. The molecule has 1 saturated heterocycles. The first-order chi connectivity index (χ1) is 9.75. The van der Waals surface area contributed by atoms with Crippen molar-refractivity contribution in [3.05, 3.63) is 42.3 Å². The highest BCUT2D eigenvalue weighted by Crippen LogP contribution is 2.18. The Kier molecular flexibility index (Phi) is 3.82. The minimum absolute atomic E-state index is 0.563. The van der Waals surface area contributed by atoms with Crippen LogP contribution in [0.3, 0.4) is 0 Å². The number of aliphatic hydroxyl groups is 1. The minimum atomic E-state index is -0.633. The number of aromatic nitrogens is 1. The van der Waals surface area contributed by atoms with Crippen LogP contribution in [0.5, 0.6) is 0 Å². The lowest BCUT2D eigenvalue weighted by Gasteiger charge is -2.21. The van der Waals surface area contributed by atoms with Crippen molar-refractivity contribution in [1.29, 1.82) is 0 Å². The van der Waals surface area contributed by atoms with Crippen molar-refractivity contribution in [2.45, 2.75) is 18.6 Å². The van der Waals surface area contributed by atoms with Gasteiger partial charge in [0.15, 0.2) is 0 Å². The maximum absolute atomic E-state index is 10.2. The molecule has 1 aromatic heterocycles. The molecule has 0 unspecified atom stereocenters. The molecule has 1 fully saturated rings. The Morgan fingerprint density at radius 1 is 1.35 bits per heavy atom. The fraction of sp³-hybridized carbons (Fsp3) is 0.400. The van der Waals surface area contributed by atoms with E-state index in [0.717, 1.165) is 24.2 Å². The molecular weight excluding hydrogens is 254 g/mol. The molecule has 1 aliphatic heterocycles. The van der Waals surface area contributed by atoms with E-state index in [4.69, 9.17) is 4.42 Å². The number of hydrogen-bond donors (Lipinski definition) is 3. The molecule has 2 aromatic rings. The van der Waals surface area contributed by atoms with E-state index in [9.17, 15) is 5.11 Å². The normalized spacial score (nSPS) is 22.2. The second-order valence-electron chi connectivity index (χ2n) is 5.26. The highest BCUT2D eigenvalue weighted by atomic mass is 16.3. The number of benzene rings is 1. The van der Waals surface area contributed by atoms with E-state index in [0.29, 0.717) is 25.5 Å². The van der Waals surface area contributed by atoms with E-state index >= 15 is 0 Å². The lowest BCUT2D eigenvalue weighted by molar-refractivity contribution is 0.0608. The van der Waals surface area contributed by atoms with Crippen LogP contribution in [0.2, 0.25) is 0 Å². The van der Waals surface area contributed by atoms with Crippen LogP contribution < -0.4 is 10.6 Å². The Bertz CT molecular complexity index is 547. The quantitative estimate of drug-likeness (QED) is 0.762. The summed E-state index contributed by atoms with van der Waals surface area (Å²) in [6.45, 7) is 2.68. The van der Waals surface area contributed by atoms with Crippen molar-refractivity contribution >= 4 is 0 Å². The van der Waals surface area contributed by atoms with E-state index in [1.54, 1.807) is 6.26 Å². The van der Waals surface area contributed by atoms with Gasteiger partial charge in [0.05, 0.1) is 11.3 Å². The van der Waals surface area contributed by atoms with Gasteiger partial charge in [-0.3, -0.25) is 0 Å². The summed E-state index contributed by atoms with van der Waals surface area (Å²) in [7, 11) is 0. The number of β-amino-alcohol motifs (C(OH)–C–C–N with tert-alkyl or cyclic N) is 1. The average molecular weight is 273 g/mol. The minimum Gasteiger partial charge on any atom is -0.444 e. The molecule has 20 heavy (non-hydrogen) atoms. The number of hydrogen-bond acceptors (Lipinski definition) is 5. The molecule has 0 amide bonds. The molecular formula is C15H19N3O2. The molecule has 1 aromatic carbocycles. The van der Waals surface area contributed by atoms with Gasteiger partial charge < -0.3 is 20.2 Å². The maximum Gasteiger partial charge on any atom is 0.226 e. The van der Waals surface area contributed by atoms with Crippen molar-refractivity contribution in [1.82, 2.24) is 15.6 Å². The van der Waals surface area contributed by atoms with Crippen molar-refractivity contribution in [2.75, 3.05) is 19.6 Å². The average Bonchev–Trinajstić information content (AvgIpc) is 3.10. The van der Waals surface area contributed by atoms with Gasteiger partial charge in [-0.1, -0.05) is 18.2 Å². The fourth-order valence-corrected chi connectivity index (χ4v) is 2.41. The summed E-state index contributed by atoms with van der Waals surface area (Å²) in [6, 6.07) is 9.82. The van der Waals surface area contributed by atoms with Crippen LogP contribution in [0.1, 0.15) is 12.1 Å². The first-order valence-corrected chi connectivity index (χ1v) is 6.89. The van der Waals surface area contributed by atoms with E-state index in [1.165, 1.54) is 0 Å². The van der Waals surface area contributed by atoms with Crippen LogP contribution in [0.25, 0.3) is 11.5 Å². The molecule has 2 heterocycles. The third-order valence-corrected chi connectivity index (χ3v) is 3.55. The molecule has 0 aliphatic carbocycles. The van der Waals surface area contributed by atoms with Crippen molar-refractivity contribution in [3.63, 3.8) is 0 Å². The van der Waals surface area contributed by atoms with E-state index in [2.05, 4.69) is 15.6 Å². The molecule has 5 nitrogen and oxygen atoms in total. The van der Waals surface area contributed by atoms with Crippen LogP contribution in [-0.2, 0) is 6.54 Å². The predicted molar refractivity (Wildman–Crippen MR) is 76.1 cm³/mol. The largest absolute Gasteiger partial charge is 0.444 e. The van der Waals surface area contributed by atoms with Gasteiger partial charge in [0.2, 0.25) is 5.89 Å². The van der Waals surface area contributed by atoms with E-state index in [1.807, 2.05) is 30.3 Å². The Balaban J connectivity index is 1.55. The Morgan fingerprint density at radius 3 is 2.95 bits per heavy atom. The summed E-state index contributed by atoms with van der Waals surface area (Å²) < 4.78 is 5.47. The zero-order valence-corrected chi connectivity index (χ0v) is 11.3. The molecule has 0 spiro atoms. The summed E-state index contributed by atoms with van der Waals surface area (Å²) in [5, 5.41) is 16.6. The Hall–Kier alpha value is -1.69. The summed E-state index contributed by atoms with van der Waals surface area (Å²) in [5.41, 5.74) is 1.18. The summed E-state index contributed by atoms with van der Waals surface area (Å²) >= 11 is 0. The highest BCUT2D eigenvalue weighted by molar-refractivity contribution is 5.52. The molecule has 106 valence electrons. The first kappa shape index (κ1) is 13.3. The smallest absolute Gasteiger partial charge is 0.226 e. The van der Waals surface area contributed by atoms with Crippen molar-refractivity contribution in [2.24, 2.45) is 0 Å². The van der Waals surface area contributed by atoms with Gasteiger partial charge in [0.25, 0.3) is 0 Å². The van der Waals surface area contributed by atoms with Crippen molar-refractivity contribution in [3.8, 4) is 11.5 Å². The first-order valence-electron chi connectivity index (χ1n) is 6.89. The van der Waals surface area contributed by atoms with Gasteiger partial charge in [-0.05, 0) is 25.1 Å². The third-order valence-electron chi connectivity index (χ3n) is 3.55. The zero-order chi connectivity index (χ0) is 13.8. The van der Waals surface area contributed by atoms with Crippen LogP contribution >= 0.6 is 0 Å². The van der Waals surface area contributed by atoms with Gasteiger partial charge >= 0.3 is 0 Å². The fourth-order valence-electron chi connectivity index (χ4n) is 2.41. The van der Waals surface area contributed by atoms with Crippen molar-refractivity contribution < 1.29 is 9.52 Å². The molecule has 1 aliphatic rings. The number of oxazole rings is 1. The molecule has 3 N–H and O–H groups in total. The summed E-state index contributed by atoms with van der Waals surface area (Å²) in [4.78, 5) is 4.44. The number of rotatable bonds is 5. The SMILES string of the molecule is O[C@@]1(CNCc2coc(-c3ccccc3)n2)CCNC1. The molecule has 0 radical (unpaired) electrons. The van der Waals surface area contributed by atoms with Gasteiger partial charge in [0.1, 0.15) is 6.26 Å². The maximum atomic E-state index is 10.2. The van der Waals surface area contributed by atoms with Crippen LogP contribution in [0.4, 0.5) is 0 Å². The van der Waals surface area contributed by atoms with E-state index < -0.39 is 5.60 Å². The molecule has 3 rings (SSSR count). The summed E-state index contributed by atoms with van der Waals surface area (Å²) in [6.07, 6.45) is 2.44. The lowest BCUT2D eigenvalue weighted by Crippen LogP contribution is -2.42. The Morgan fingerprint density at radius 2 is 2.20 bits per heavy atom. The van der Waals surface area contributed by atoms with Gasteiger partial charge in [0, 0.05) is 25.2 Å². The molecule has 0 saturated carbocycles. The molecule has 5 heteroatoms. The van der Waals surface area contributed by atoms with Gasteiger partial charge in [-0.2, -0.15) is 0 Å². The topological polar surface area (TPSA) is 70.3 Å². The Labute approximate surface area is 118 Å². The number of nitrogens with zero attached hydrogens (tertiary/aromatic N) is 1. The van der Waals surface area contributed by atoms with Crippen LogP contribution in [0, 0.1) is 0 Å². The predicted octanol–water partition coefficient (Wildman–Crippen LogP) is 1.16. The monoisotopic (exact) mass is 273 g/mol. The lowest BCUT2D eigenvalue weighted by atomic mass is 10.0. The van der Waals surface area contributed by atoms with Crippen LogP contribution in [-0.4, -0.2) is 35.3 Å². The van der Waals surface area contributed by atoms with Gasteiger partial charge in [-0.15, -0.1) is 0 Å². The third kappa shape index (κ3) is 3.07. The summed E-state index contributed by atoms with van der Waals surface area (Å²) in [5.74, 6) is 0.628. The highest BCUT2D eigenvalue weighted by Gasteiger charge is 2.30. The second-order valence-corrected chi connectivity index (χ2v) is 5.26.